The Morgan fingerprint density at radius 1 is 1.38 bits per heavy atom. The van der Waals surface area contributed by atoms with E-state index in [1.165, 1.54) is 0 Å². The summed E-state index contributed by atoms with van der Waals surface area (Å²) in [5.74, 6) is -1.33. The molecule has 0 aliphatic rings. The van der Waals surface area contributed by atoms with Crippen molar-refractivity contribution in [3.8, 4) is 5.75 Å². The summed E-state index contributed by atoms with van der Waals surface area (Å²) in [7, 11) is 1.13. The minimum absolute atomic E-state index is 0.0476. The number of halogens is 3. The monoisotopic (exact) mass is 191 g/mol. The van der Waals surface area contributed by atoms with E-state index in [-0.39, 0.29) is 5.69 Å². The lowest BCUT2D eigenvalue weighted by atomic mass is 10.2. The summed E-state index contributed by atoms with van der Waals surface area (Å²) >= 11 is 0. The fourth-order valence-corrected chi connectivity index (χ4v) is 1.01. The number of methoxy groups -OCH3 is 1. The number of rotatable bonds is 2. The molecule has 13 heavy (non-hydrogen) atoms. The van der Waals surface area contributed by atoms with E-state index in [0.29, 0.717) is 0 Å². The van der Waals surface area contributed by atoms with Crippen LogP contribution in [0, 0.1) is 5.82 Å². The van der Waals surface area contributed by atoms with Crippen LogP contribution in [-0.4, -0.2) is 7.11 Å². The predicted octanol–water partition coefficient (Wildman–Crippen LogP) is 2.35. The molecule has 2 N–H and O–H groups in total. The fraction of sp³-hybridized carbons (Fsp3) is 0.250. The summed E-state index contributed by atoms with van der Waals surface area (Å²) in [5, 5.41) is 0. The summed E-state index contributed by atoms with van der Waals surface area (Å²) in [6.45, 7) is 0. The third-order valence-corrected chi connectivity index (χ3v) is 1.53. The van der Waals surface area contributed by atoms with E-state index in [9.17, 15) is 13.2 Å². The Labute approximate surface area is 73.1 Å². The minimum Gasteiger partial charge on any atom is -0.493 e. The molecule has 0 aromatic heterocycles. The lowest BCUT2D eigenvalue weighted by Crippen LogP contribution is -1.98. The van der Waals surface area contributed by atoms with E-state index in [0.717, 1.165) is 19.2 Å². The van der Waals surface area contributed by atoms with Gasteiger partial charge in [-0.1, -0.05) is 0 Å². The van der Waals surface area contributed by atoms with Gasteiger partial charge in [-0.25, -0.2) is 13.2 Å². The van der Waals surface area contributed by atoms with Crippen molar-refractivity contribution in [1.82, 2.24) is 0 Å². The number of hydrogen-bond acceptors (Lipinski definition) is 2. The topological polar surface area (TPSA) is 35.2 Å². The van der Waals surface area contributed by atoms with Crippen LogP contribution in [0.15, 0.2) is 12.1 Å². The molecule has 1 aromatic rings. The lowest BCUT2D eigenvalue weighted by molar-refractivity contribution is 0.146. The SMILES string of the molecule is COc1c(F)cc(N)cc1C(F)F. The first kappa shape index (κ1) is 9.70. The van der Waals surface area contributed by atoms with Crippen molar-refractivity contribution in [1.29, 1.82) is 0 Å². The number of alkyl halides is 2. The summed E-state index contributed by atoms with van der Waals surface area (Å²) in [6.07, 6.45) is -2.80. The van der Waals surface area contributed by atoms with Gasteiger partial charge in [0, 0.05) is 11.8 Å². The maximum absolute atomic E-state index is 12.9. The summed E-state index contributed by atoms with van der Waals surface area (Å²) in [5.41, 5.74) is 4.62. The second kappa shape index (κ2) is 3.55. The Hall–Kier alpha value is -1.39. The van der Waals surface area contributed by atoms with Gasteiger partial charge >= 0.3 is 0 Å². The zero-order valence-electron chi connectivity index (χ0n) is 6.85. The highest BCUT2D eigenvalue weighted by molar-refractivity contribution is 5.49. The molecule has 72 valence electrons. The van der Waals surface area contributed by atoms with Crippen LogP contribution in [0.5, 0.6) is 5.75 Å². The van der Waals surface area contributed by atoms with Crippen molar-refractivity contribution in [3.63, 3.8) is 0 Å². The van der Waals surface area contributed by atoms with E-state index < -0.39 is 23.6 Å². The molecule has 0 bridgehead atoms. The van der Waals surface area contributed by atoms with E-state index >= 15 is 0 Å². The molecule has 0 amide bonds. The highest BCUT2D eigenvalue weighted by Crippen LogP contribution is 2.32. The van der Waals surface area contributed by atoms with Gasteiger partial charge < -0.3 is 10.5 Å². The third-order valence-electron chi connectivity index (χ3n) is 1.53. The molecule has 1 rings (SSSR count). The second-order valence-corrected chi connectivity index (χ2v) is 2.43. The first-order valence-corrected chi connectivity index (χ1v) is 3.47. The lowest BCUT2D eigenvalue weighted by Gasteiger charge is -2.09. The molecule has 0 heterocycles. The summed E-state index contributed by atoms with van der Waals surface area (Å²) < 4.78 is 42.0. The molecule has 0 atom stereocenters. The van der Waals surface area contributed by atoms with Gasteiger partial charge in [0.15, 0.2) is 11.6 Å². The highest BCUT2D eigenvalue weighted by atomic mass is 19.3. The molecular formula is C8H8F3NO. The molecule has 2 nitrogen and oxygen atoms in total. The number of nitrogens with two attached hydrogens (primary N) is 1. The van der Waals surface area contributed by atoms with Crippen LogP contribution in [0.25, 0.3) is 0 Å². The molecule has 0 unspecified atom stereocenters. The smallest absolute Gasteiger partial charge is 0.267 e. The van der Waals surface area contributed by atoms with E-state index in [4.69, 9.17) is 5.73 Å². The first-order chi connectivity index (χ1) is 6.06. The van der Waals surface area contributed by atoms with Crippen LogP contribution in [0.4, 0.5) is 18.9 Å². The van der Waals surface area contributed by atoms with Gasteiger partial charge in [0.1, 0.15) is 0 Å². The van der Waals surface area contributed by atoms with Gasteiger partial charge in [0.2, 0.25) is 0 Å². The van der Waals surface area contributed by atoms with Gasteiger partial charge in [-0.2, -0.15) is 0 Å². The van der Waals surface area contributed by atoms with Crippen molar-refractivity contribution >= 4 is 5.69 Å². The van der Waals surface area contributed by atoms with Crippen molar-refractivity contribution in [3.05, 3.63) is 23.5 Å². The Kier molecular flexibility index (Phi) is 2.65. The Balaban J connectivity index is 3.29. The van der Waals surface area contributed by atoms with E-state index in [1.54, 1.807) is 0 Å². The van der Waals surface area contributed by atoms with Crippen LogP contribution < -0.4 is 10.5 Å². The first-order valence-electron chi connectivity index (χ1n) is 3.47. The molecular weight excluding hydrogens is 183 g/mol. The largest absolute Gasteiger partial charge is 0.493 e. The molecule has 0 fully saturated rings. The van der Waals surface area contributed by atoms with E-state index in [1.807, 2.05) is 0 Å². The number of hydrogen-bond donors (Lipinski definition) is 1. The summed E-state index contributed by atoms with van der Waals surface area (Å²) in [6, 6.07) is 1.93. The average molecular weight is 191 g/mol. The van der Waals surface area contributed by atoms with Crippen LogP contribution in [0.3, 0.4) is 0 Å². The maximum atomic E-state index is 12.9. The van der Waals surface area contributed by atoms with Crippen LogP contribution in [0.2, 0.25) is 0 Å². The molecule has 0 aliphatic heterocycles. The average Bonchev–Trinajstić information content (AvgIpc) is 2.02. The van der Waals surface area contributed by atoms with Gasteiger partial charge in [-0.15, -0.1) is 0 Å². The number of benzene rings is 1. The summed E-state index contributed by atoms with van der Waals surface area (Å²) in [4.78, 5) is 0. The third kappa shape index (κ3) is 1.85. The quantitative estimate of drug-likeness (QED) is 0.728. The zero-order valence-corrected chi connectivity index (χ0v) is 6.85. The number of anilines is 1. The predicted molar refractivity (Wildman–Crippen MR) is 42.3 cm³/mol. The Morgan fingerprint density at radius 3 is 2.46 bits per heavy atom. The number of nitrogen functional groups attached to an aromatic ring is 1. The van der Waals surface area contributed by atoms with Crippen molar-refractivity contribution < 1.29 is 17.9 Å². The van der Waals surface area contributed by atoms with E-state index in [2.05, 4.69) is 4.74 Å². The second-order valence-electron chi connectivity index (χ2n) is 2.43. The van der Waals surface area contributed by atoms with Gasteiger partial charge in [-0.05, 0) is 6.07 Å². The standard InChI is InChI=1S/C8H8F3NO/c1-13-7-5(8(10)11)2-4(12)3-6(7)9/h2-3,8H,12H2,1H3. The maximum Gasteiger partial charge on any atom is 0.267 e. The number of ether oxygens (including phenoxy) is 1. The molecule has 0 aliphatic carbocycles. The van der Waals surface area contributed by atoms with Crippen LogP contribution in [-0.2, 0) is 0 Å². The molecule has 0 radical (unpaired) electrons. The molecule has 5 heteroatoms. The molecule has 0 spiro atoms. The highest BCUT2D eigenvalue weighted by Gasteiger charge is 2.18. The van der Waals surface area contributed by atoms with Gasteiger partial charge in [0.25, 0.3) is 6.43 Å². The van der Waals surface area contributed by atoms with Crippen LogP contribution >= 0.6 is 0 Å². The Bertz CT molecular complexity index is 315. The van der Waals surface area contributed by atoms with Crippen molar-refractivity contribution in [2.45, 2.75) is 6.43 Å². The van der Waals surface area contributed by atoms with Crippen molar-refractivity contribution in [2.75, 3.05) is 12.8 Å². The Morgan fingerprint density at radius 2 is 2.00 bits per heavy atom. The minimum atomic E-state index is -2.80. The molecule has 0 saturated heterocycles. The zero-order chi connectivity index (χ0) is 10.0. The van der Waals surface area contributed by atoms with Crippen LogP contribution in [0.1, 0.15) is 12.0 Å². The fourth-order valence-electron chi connectivity index (χ4n) is 1.01. The van der Waals surface area contributed by atoms with Crippen molar-refractivity contribution in [2.24, 2.45) is 0 Å². The van der Waals surface area contributed by atoms with Gasteiger partial charge in [-0.3, -0.25) is 0 Å². The molecule has 0 saturated carbocycles. The normalized spacial score (nSPS) is 10.5. The molecule has 1 aromatic carbocycles. The van der Waals surface area contributed by atoms with Gasteiger partial charge in [0.05, 0.1) is 12.7 Å².